The molecule has 0 aliphatic carbocycles. The topological polar surface area (TPSA) is 45.0 Å². The lowest BCUT2D eigenvalue weighted by Gasteiger charge is -2.23. The lowest BCUT2D eigenvalue weighted by atomic mass is 9.90. The molecule has 3 heteroatoms. The molecule has 1 atom stereocenters. The molecule has 92 valence electrons. The maximum atomic E-state index is 8.85. The van der Waals surface area contributed by atoms with Crippen molar-refractivity contribution in [3.05, 3.63) is 0 Å². The normalized spacial score (nSPS) is 21.7. The van der Waals surface area contributed by atoms with Gasteiger partial charge in [-0.15, -0.1) is 0 Å². The van der Waals surface area contributed by atoms with E-state index in [0.29, 0.717) is 6.04 Å². The molecule has 1 N–H and O–H groups in total. The third-order valence-corrected chi connectivity index (χ3v) is 3.12. The Kier molecular flexibility index (Phi) is 5.79. The van der Waals surface area contributed by atoms with Gasteiger partial charge in [0.25, 0.3) is 0 Å². The molecule has 0 aromatic heterocycles. The number of nitrogens with one attached hydrogen (secondary N) is 1. The predicted octanol–water partition coefficient (Wildman–Crippen LogP) is 2.48. The maximum absolute atomic E-state index is 8.85. The van der Waals surface area contributed by atoms with Crippen molar-refractivity contribution in [1.82, 2.24) is 5.32 Å². The summed E-state index contributed by atoms with van der Waals surface area (Å²) in [5.74, 6) is 0. The van der Waals surface area contributed by atoms with Gasteiger partial charge in [0, 0.05) is 12.6 Å². The first kappa shape index (κ1) is 13.5. The molecule has 1 aliphatic rings. The SMILES string of the molecule is CC(C)(C#N)CCCOCC1CCCCN1. The van der Waals surface area contributed by atoms with Crippen molar-refractivity contribution in [2.24, 2.45) is 5.41 Å². The zero-order valence-corrected chi connectivity index (χ0v) is 10.6. The first-order valence-corrected chi connectivity index (χ1v) is 6.36. The van der Waals surface area contributed by atoms with Crippen molar-refractivity contribution in [1.29, 1.82) is 5.26 Å². The summed E-state index contributed by atoms with van der Waals surface area (Å²) in [6.07, 6.45) is 5.76. The van der Waals surface area contributed by atoms with Crippen LogP contribution in [-0.2, 0) is 4.74 Å². The van der Waals surface area contributed by atoms with Gasteiger partial charge < -0.3 is 10.1 Å². The summed E-state index contributed by atoms with van der Waals surface area (Å²) in [6, 6.07) is 2.87. The van der Waals surface area contributed by atoms with Crippen LogP contribution in [0.15, 0.2) is 0 Å². The van der Waals surface area contributed by atoms with Gasteiger partial charge in [0.1, 0.15) is 0 Å². The minimum atomic E-state index is -0.202. The second kappa shape index (κ2) is 6.88. The van der Waals surface area contributed by atoms with Crippen LogP contribution in [0.3, 0.4) is 0 Å². The molecule has 3 nitrogen and oxygen atoms in total. The van der Waals surface area contributed by atoms with Gasteiger partial charge in [-0.05, 0) is 46.1 Å². The summed E-state index contributed by atoms with van der Waals surface area (Å²) < 4.78 is 5.64. The standard InChI is InChI=1S/C13H24N2O/c1-13(2,11-14)7-5-9-16-10-12-6-3-4-8-15-12/h12,15H,3-10H2,1-2H3. The summed E-state index contributed by atoms with van der Waals surface area (Å²) in [7, 11) is 0. The molecule has 1 fully saturated rings. The van der Waals surface area contributed by atoms with E-state index < -0.39 is 0 Å². The van der Waals surface area contributed by atoms with E-state index in [9.17, 15) is 0 Å². The molecule has 0 spiro atoms. The second-order valence-corrected chi connectivity index (χ2v) is 5.32. The fraction of sp³-hybridized carbons (Fsp3) is 0.923. The smallest absolute Gasteiger partial charge is 0.0683 e. The minimum absolute atomic E-state index is 0.202. The van der Waals surface area contributed by atoms with Gasteiger partial charge in [0.15, 0.2) is 0 Å². The van der Waals surface area contributed by atoms with Crippen molar-refractivity contribution in [2.75, 3.05) is 19.8 Å². The van der Waals surface area contributed by atoms with E-state index in [4.69, 9.17) is 10.00 Å². The number of hydrogen-bond donors (Lipinski definition) is 1. The molecule has 16 heavy (non-hydrogen) atoms. The highest BCUT2D eigenvalue weighted by Gasteiger charge is 2.16. The minimum Gasteiger partial charge on any atom is -0.380 e. The van der Waals surface area contributed by atoms with Crippen LogP contribution in [-0.4, -0.2) is 25.8 Å². The number of hydrogen-bond acceptors (Lipinski definition) is 3. The van der Waals surface area contributed by atoms with Crippen molar-refractivity contribution >= 4 is 0 Å². The summed E-state index contributed by atoms with van der Waals surface area (Å²) >= 11 is 0. The Morgan fingerprint density at radius 2 is 2.25 bits per heavy atom. The van der Waals surface area contributed by atoms with Crippen molar-refractivity contribution in [3.63, 3.8) is 0 Å². The second-order valence-electron chi connectivity index (χ2n) is 5.32. The number of ether oxygens (including phenoxy) is 1. The molecule has 1 rings (SSSR count). The van der Waals surface area contributed by atoms with E-state index >= 15 is 0 Å². The molecule has 0 radical (unpaired) electrons. The Labute approximate surface area is 99.2 Å². The molecule has 0 bridgehead atoms. The number of nitrogens with zero attached hydrogens (tertiary/aromatic N) is 1. The Morgan fingerprint density at radius 3 is 2.88 bits per heavy atom. The van der Waals surface area contributed by atoms with E-state index in [1.807, 2.05) is 13.8 Å². The summed E-state index contributed by atoms with van der Waals surface area (Å²) in [5.41, 5.74) is -0.202. The molecule has 0 aromatic rings. The first-order chi connectivity index (χ1) is 7.64. The average molecular weight is 224 g/mol. The highest BCUT2D eigenvalue weighted by molar-refractivity contribution is 4.91. The molecular formula is C13H24N2O. The zero-order chi connectivity index (χ0) is 11.9. The van der Waals surface area contributed by atoms with Crippen LogP contribution in [0.2, 0.25) is 0 Å². The number of nitriles is 1. The molecule has 0 amide bonds. The van der Waals surface area contributed by atoms with Crippen LogP contribution in [0, 0.1) is 16.7 Å². The van der Waals surface area contributed by atoms with Gasteiger partial charge in [-0.2, -0.15) is 5.26 Å². The van der Waals surface area contributed by atoms with Crippen LogP contribution in [0.25, 0.3) is 0 Å². The lowest BCUT2D eigenvalue weighted by Crippen LogP contribution is -2.37. The van der Waals surface area contributed by atoms with Crippen LogP contribution >= 0.6 is 0 Å². The molecule has 0 aromatic carbocycles. The van der Waals surface area contributed by atoms with Gasteiger partial charge in [0.05, 0.1) is 18.1 Å². The third-order valence-electron chi connectivity index (χ3n) is 3.12. The number of piperidine rings is 1. The lowest BCUT2D eigenvalue weighted by molar-refractivity contribution is 0.0963. The molecule has 1 heterocycles. The van der Waals surface area contributed by atoms with E-state index in [1.54, 1.807) is 0 Å². The molecule has 0 saturated carbocycles. The Bertz CT molecular complexity index is 227. The predicted molar refractivity (Wildman–Crippen MR) is 65.1 cm³/mol. The third kappa shape index (κ3) is 5.48. The average Bonchev–Trinajstić information content (AvgIpc) is 2.30. The van der Waals surface area contributed by atoms with Gasteiger partial charge >= 0.3 is 0 Å². The zero-order valence-electron chi connectivity index (χ0n) is 10.6. The Morgan fingerprint density at radius 1 is 1.44 bits per heavy atom. The van der Waals surface area contributed by atoms with Crippen LogP contribution in [0.4, 0.5) is 0 Å². The molecule has 1 saturated heterocycles. The highest BCUT2D eigenvalue weighted by Crippen LogP contribution is 2.20. The largest absolute Gasteiger partial charge is 0.380 e. The fourth-order valence-electron chi connectivity index (χ4n) is 1.96. The molecular weight excluding hydrogens is 200 g/mol. The van der Waals surface area contributed by atoms with Crippen LogP contribution in [0.5, 0.6) is 0 Å². The van der Waals surface area contributed by atoms with Crippen molar-refractivity contribution < 1.29 is 4.74 Å². The van der Waals surface area contributed by atoms with E-state index in [1.165, 1.54) is 19.3 Å². The van der Waals surface area contributed by atoms with Crippen LogP contribution in [0.1, 0.15) is 46.0 Å². The molecule has 1 unspecified atom stereocenters. The van der Waals surface area contributed by atoms with Gasteiger partial charge in [-0.3, -0.25) is 0 Å². The van der Waals surface area contributed by atoms with Crippen molar-refractivity contribution in [2.45, 2.75) is 52.0 Å². The van der Waals surface area contributed by atoms with Crippen LogP contribution < -0.4 is 5.32 Å². The molecule has 1 aliphatic heterocycles. The Hall–Kier alpha value is -0.590. The maximum Gasteiger partial charge on any atom is 0.0683 e. The fourth-order valence-corrected chi connectivity index (χ4v) is 1.96. The summed E-state index contributed by atoms with van der Waals surface area (Å²) in [4.78, 5) is 0. The van der Waals surface area contributed by atoms with Crippen molar-refractivity contribution in [3.8, 4) is 6.07 Å². The van der Waals surface area contributed by atoms with Gasteiger partial charge in [-0.1, -0.05) is 6.42 Å². The van der Waals surface area contributed by atoms with E-state index in [0.717, 1.165) is 32.6 Å². The van der Waals surface area contributed by atoms with E-state index in [2.05, 4.69) is 11.4 Å². The highest BCUT2D eigenvalue weighted by atomic mass is 16.5. The van der Waals surface area contributed by atoms with Gasteiger partial charge in [0.2, 0.25) is 0 Å². The summed E-state index contributed by atoms with van der Waals surface area (Å²) in [5, 5.41) is 12.3. The monoisotopic (exact) mass is 224 g/mol. The summed E-state index contributed by atoms with van der Waals surface area (Å²) in [6.45, 7) is 6.71. The van der Waals surface area contributed by atoms with E-state index in [-0.39, 0.29) is 5.41 Å². The first-order valence-electron chi connectivity index (χ1n) is 6.36. The quantitative estimate of drug-likeness (QED) is 0.705. The number of rotatable bonds is 6. The Balaban J connectivity index is 1.97. The van der Waals surface area contributed by atoms with Gasteiger partial charge in [-0.25, -0.2) is 0 Å².